The molecule has 0 spiro atoms. The first-order valence-corrected chi connectivity index (χ1v) is 8.90. The predicted octanol–water partition coefficient (Wildman–Crippen LogP) is 4.72. The van der Waals surface area contributed by atoms with E-state index in [1.807, 2.05) is 25.1 Å². The maximum atomic E-state index is 12.4. The molecule has 0 aliphatic heterocycles. The summed E-state index contributed by atoms with van der Waals surface area (Å²) in [5.74, 6) is 1.25. The Bertz CT molecular complexity index is 895. The van der Waals surface area contributed by atoms with Gasteiger partial charge in [0, 0.05) is 5.56 Å². The first-order valence-electron chi connectivity index (χ1n) is 7.29. The van der Waals surface area contributed by atoms with Crippen LogP contribution < -0.4 is 14.8 Å². The van der Waals surface area contributed by atoms with Gasteiger partial charge in [0.05, 0.1) is 28.4 Å². The number of rotatable bonds is 5. The molecule has 0 saturated carbocycles. The lowest BCUT2D eigenvalue weighted by atomic mass is 10.2. The van der Waals surface area contributed by atoms with E-state index < -0.39 is 0 Å². The Morgan fingerprint density at radius 2 is 2.12 bits per heavy atom. The van der Waals surface area contributed by atoms with Gasteiger partial charge in [0.2, 0.25) is 0 Å². The molecular weight excluding hydrogens is 392 g/mol. The number of hydrogen-bond donors (Lipinski definition) is 1. The van der Waals surface area contributed by atoms with Crippen molar-refractivity contribution in [2.45, 2.75) is 6.92 Å². The smallest absolute Gasteiger partial charge is 0.257 e. The second-order valence-corrected chi connectivity index (χ2v) is 6.77. The summed E-state index contributed by atoms with van der Waals surface area (Å²) in [5.41, 5.74) is 1.35. The Labute approximate surface area is 151 Å². The number of hydrogen-bond acceptors (Lipinski definition) is 5. The summed E-state index contributed by atoms with van der Waals surface area (Å²) in [6.07, 6.45) is 0. The van der Waals surface area contributed by atoms with Crippen molar-refractivity contribution in [2.75, 3.05) is 19.0 Å². The highest BCUT2D eigenvalue weighted by molar-refractivity contribution is 9.10. The number of methoxy groups -OCH3 is 1. The van der Waals surface area contributed by atoms with E-state index in [0.717, 1.165) is 20.4 Å². The van der Waals surface area contributed by atoms with Crippen LogP contribution in [-0.4, -0.2) is 24.6 Å². The summed E-state index contributed by atoms with van der Waals surface area (Å²) in [7, 11) is 1.58. The number of nitrogens with one attached hydrogen (secondary N) is 1. The first-order chi connectivity index (χ1) is 11.6. The zero-order valence-corrected chi connectivity index (χ0v) is 15.5. The topological polar surface area (TPSA) is 60.5 Å². The lowest BCUT2D eigenvalue weighted by molar-refractivity contribution is 0.102. The molecule has 3 aromatic rings. The molecule has 1 aromatic heterocycles. The summed E-state index contributed by atoms with van der Waals surface area (Å²) in [6, 6.07) is 10.9. The van der Waals surface area contributed by atoms with E-state index in [4.69, 9.17) is 9.47 Å². The van der Waals surface area contributed by atoms with Crippen LogP contribution in [-0.2, 0) is 0 Å². The molecule has 2 aromatic carbocycles. The SMILES string of the molecule is CCOc1ccc2nc(NC(=O)c3ccc(OC)c(Br)c3)sc2c1. The van der Waals surface area contributed by atoms with E-state index in [1.54, 1.807) is 25.3 Å². The number of thiazole rings is 1. The molecule has 0 unspecified atom stereocenters. The predicted molar refractivity (Wildman–Crippen MR) is 99.4 cm³/mol. The molecule has 0 bridgehead atoms. The van der Waals surface area contributed by atoms with Crippen LogP contribution in [0.1, 0.15) is 17.3 Å². The molecule has 24 heavy (non-hydrogen) atoms. The molecule has 0 aliphatic carbocycles. The van der Waals surface area contributed by atoms with E-state index in [1.165, 1.54) is 11.3 Å². The maximum Gasteiger partial charge on any atom is 0.257 e. The quantitative estimate of drug-likeness (QED) is 0.665. The summed E-state index contributed by atoms with van der Waals surface area (Å²) in [4.78, 5) is 16.8. The number of halogens is 1. The molecular formula is C17H15BrN2O3S. The maximum absolute atomic E-state index is 12.4. The van der Waals surface area contributed by atoms with E-state index >= 15 is 0 Å². The average Bonchev–Trinajstić information content (AvgIpc) is 2.96. The number of ether oxygens (including phenoxy) is 2. The van der Waals surface area contributed by atoms with Crippen LogP contribution in [0.4, 0.5) is 5.13 Å². The fourth-order valence-electron chi connectivity index (χ4n) is 2.19. The van der Waals surface area contributed by atoms with Crippen LogP contribution in [0, 0.1) is 0 Å². The van der Waals surface area contributed by atoms with E-state index in [-0.39, 0.29) is 5.91 Å². The molecule has 0 radical (unpaired) electrons. The number of nitrogens with zero attached hydrogens (tertiary/aromatic N) is 1. The molecule has 124 valence electrons. The highest BCUT2D eigenvalue weighted by Gasteiger charge is 2.12. The van der Waals surface area contributed by atoms with Gasteiger partial charge in [-0.2, -0.15) is 0 Å². The average molecular weight is 407 g/mol. The van der Waals surface area contributed by atoms with Crippen molar-refractivity contribution < 1.29 is 14.3 Å². The molecule has 7 heteroatoms. The third-order valence-corrected chi connectivity index (χ3v) is 4.86. The third-order valence-electron chi connectivity index (χ3n) is 3.31. The molecule has 1 amide bonds. The van der Waals surface area contributed by atoms with Crippen molar-refractivity contribution in [3.63, 3.8) is 0 Å². The van der Waals surface area contributed by atoms with Gasteiger partial charge in [0.1, 0.15) is 11.5 Å². The highest BCUT2D eigenvalue weighted by Crippen LogP contribution is 2.30. The number of anilines is 1. The van der Waals surface area contributed by atoms with Crippen LogP contribution in [0.2, 0.25) is 0 Å². The van der Waals surface area contributed by atoms with Crippen molar-refractivity contribution >= 4 is 48.5 Å². The summed E-state index contributed by atoms with van der Waals surface area (Å²) < 4.78 is 12.3. The molecule has 5 nitrogen and oxygen atoms in total. The minimum atomic E-state index is -0.220. The standard InChI is InChI=1S/C17H15BrN2O3S/c1-3-23-11-5-6-13-15(9-11)24-17(19-13)20-16(21)10-4-7-14(22-2)12(18)8-10/h4-9H,3H2,1-2H3,(H,19,20,21). The van der Waals surface area contributed by atoms with Gasteiger partial charge in [0.15, 0.2) is 5.13 Å². The Balaban J connectivity index is 1.81. The van der Waals surface area contributed by atoms with Crippen LogP contribution in [0.15, 0.2) is 40.9 Å². The second-order valence-electron chi connectivity index (χ2n) is 4.89. The van der Waals surface area contributed by atoms with Crippen molar-refractivity contribution in [2.24, 2.45) is 0 Å². The number of carbonyl (C=O) groups is 1. The van der Waals surface area contributed by atoms with Crippen LogP contribution in [0.25, 0.3) is 10.2 Å². The zero-order valence-electron chi connectivity index (χ0n) is 13.1. The van der Waals surface area contributed by atoms with Crippen molar-refractivity contribution in [3.05, 3.63) is 46.4 Å². The van der Waals surface area contributed by atoms with Crippen LogP contribution >= 0.6 is 27.3 Å². The summed E-state index contributed by atoms with van der Waals surface area (Å²) in [6.45, 7) is 2.55. The zero-order chi connectivity index (χ0) is 17.1. The Morgan fingerprint density at radius 1 is 1.29 bits per heavy atom. The molecule has 1 N–H and O–H groups in total. The van der Waals surface area contributed by atoms with Crippen molar-refractivity contribution in [3.8, 4) is 11.5 Å². The molecule has 0 fully saturated rings. The second kappa shape index (κ2) is 7.19. The van der Waals surface area contributed by atoms with Crippen LogP contribution in [0.5, 0.6) is 11.5 Å². The molecule has 1 heterocycles. The number of benzene rings is 2. The van der Waals surface area contributed by atoms with E-state index in [9.17, 15) is 4.79 Å². The lowest BCUT2D eigenvalue weighted by Gasteiger charge is -2.05. The van der Waals surface area contributed by atoms with Crippen LogP contribution in [0.3, 0.4) is 0 Å². The summed E-state index contributed by atoms with van der Waals surface area (Å²) in [5, 5.41) is 3.38. The van der Waals surface area contributed by atoms with Crippen molar-refractivity contribution in [1.29, 1.82) is 0 Å². The lowest BCUT2D eigenvalue weighted by Crippen LogP contribution is -2.11. The fraction of sp³-hybridized carbons (Fsp3) is 0.176. The van der Waals surface area contributed by atoms with E-state index in [0.29, 0.717) is 23.1 Å². The normalized spacial score (nSPS) is 10.6. The summed E-state index contributed by atoms with van der Waals surface area (Å²) >= 11 is 4.79. The first kappa shape index (κ1) is 16.7. The van der Waals surface area contributed by atoms with Gasteiger partial charge in [-0.3, -0.25) is 10.1 Å². The van der Waals surface area contributed by atoms with Gasteiger partial charge >= 0.3 is 0 Å². The number of fused-ring (bicyclic) bond motifs is 1. The monoisotopic (exact) mass is 406 g/mol. The minimum Gasteiger partial charge on any atom is -0.496 e. The van der Waals surface area contributed by atoms with Gasteiger partial charge in [-0.15, -0.1) is 0 Å². The number of aromatic nitrogens is 1. The number of amides is 1. The highest BCUT2D eigenvalue weighted by atomic mass is 79.9. The fourth-order valence-corrected chi connectivity index (χ4v) is 3.62. The van der Waals surface area contributed by atoms with Gasteiger partial charge in [-0.05, 0) is 59.3 Å². The minimum absolute atomic E-state index is 0.220. The van der Waals surface area contributed by atoms with Gasteiger partial charge in [0.25, 0.3) is 5.91 Å². The van der Waals surface area contributed by atoms with Crippen molar-refractivity contribution in [1.82, 2.24) is 4.98 Å². The Kier molecular flexibility index (Phi) is 5.01. The Morgan fingerprint density at radius 3 is 2.83 bits per heavy atom. The molecule has 0 saturated heterocycles. The third kappa shape index (κ3) is 3.52. The van der Waals surface area contributed by atoms with E-state index in [2.05, 4.69) is 26.2 Å². The Hall–Kier alpha value is -2.12. The number of carbonyl (C=O) groups excluding carboxylic acids is 1. The molecule has 0 atom stereocenters. The largest absolute Gasteiger partial charge is 0.496 e. The molecule has 0 aliphatic rings. The molecule has 3 rings (SSSR count). The van der Waals surface area contributed by atoms with Gasteiger partial charge in [-0.25, -0.2) is 4.98 Å². The van der Waals surface area contributed by atoms with Gasteiger partial charge < -0.3 is 9.47 Å². The van der Waals surface area contributed by atoms with Gasteiger partial charge in [-0.1, -0.05) is 11.3 Å².